The van der Waals surface area contributed by atoms with Crippen LogP contribution in [0.2, 0.25) is 19.6 Å². The third-order valence-corrected chi connectivity index (χ3v) is 6.79. The first-order valence-corrected chi connectivity index (χ1v) is 14.8. The maximum Gasteiger partial charge on any atom is 0.306 e. The average molecular weight is 439 g/mol. The highest BCUT2D eigenvalue weighted by Gasteiger charge is 2.34. The third-order valence-electron chi connectivity index (χ3n) is 5.59. The fourth-order valence-corrected chi connectivity index (χ4v) is 5.83. The molecule has 0 aromatic carbocycles. The quantitative estimate of drug-likeness (QED) is 0.213. The van der Waals surface area contributed by atoms with Crippen LogP contribution >= 0.6 is 0 Å². The predicted octanol–water partition coefficient (Wildman–Crippen LogP) is 4.97. The van der Waals surface area contributed by atoms with E-state index in [2.05, 4.69) is 37.4 Å². The van der Waals surface area contributed by atoms with Gasteiger partial charge >= 0.3 is 11.9 Å². The minimum Gasteiger partial charge on any atom is -0.481 e. The fourth-order valence-electron chi connectivity index (χ4n) is 4.38. The summed E-state index contributed by atoms with van der Waals surface area (Å²) in [5.41, 5.74) is 4.82. The van der Waals surface area contributed by atoms with Crippen molar-refractivity contribution in [1.82, 2.24) is 5.01 Å². The zero-order valence-electron chi connectivity index (χ0n) is 20.0. The number of aliphatic carboxylic acids is 1. The summed E-state index contributed by atoms with van der Waals surface area (Å²) in [6.07, 6.45) is 4.96. The van der Waals surface area contributed by atoms with Crippen molar-refractivity contribution in [3.63, 3.8) is 0 Å². The van der Waals surface area contributed by atoms with E-state index in [0.29, 0.717) is 31.3 Å². The second kappa shape index (κ2) is 12.3. The molecule has 1 N–H and O–H groups in total. The zero-order chi connectivity index (χ0) is 22.9. The predicted molar refractivity (Wildman–Crippen MR) is 125 cm³/mol. The first-order chi connectivity index (χ1) is 13.9. The lowest BCUT2D eigenvalue weighted by Gasteiger charge is -2.38. The Morgan fingerprint density at radius 1 is 1.20 bits per heavy atom. The van der Waals surface area contributed by atoms with Crippen LogP contribution in [-0.4, -0.2) is 56.5 Å². The number of hydrazone groups is 1. The summed E-state index contributed by atoms with van der Waals surface area (Å²) >= 11 is 0. The van der Waals surface area contributed by atoms with Crippen molar-refractivity contribution in [3.8, 4) is 0 Å². The summed E-state index contributed by atoms with van der Waals surface area (Å²) in [6.45, 7) is 11.4. The topological polar surface area (TPSA) is 79.2 Å². The molecule has 7 heteroatoms. The Hall–Kier alpha value is -1.63. The van der Waals surface area contributed by atoms with Crippen LogP contribution in [0.1, 0.15) is 58.8 Å². The summed E-state index contributed by atoms with van der Waals surface area (Å²) in [6, 6.07) is 0. The van der Waals surface area contributed by atoms with Crippen LogP contribution in [0.15, 0.2) is 16.4 Å². The highest BCUT2D eigenvalue weighted by Crippen LogP contribution is 2.43. The van der Waals surface area contributed by atoms with E-state index in [9.17, 15) is 14.7 Å². The molecule has 0 heterocycles. The second-order valence-corrected chi connectivity index (χ2v) is 14.8. The Balaban J connectivity index is 3.00. The Morgan fingerprint density at radius 2 is 1.87 bits per heavy atom. The molecule has 1 aliphatic carbocycles. The van der Waals surface area contributed by atoms with Crippen LogP contribution in [0.25, 0.3) is 0 Å². The molecule has 1 aliphatic rings. The highest BCUT2D eigenvalue weighted by molar-refractivity contribution is 6.81. The molecule has 1 fully saturated rings. The summed E-state index contributed by atoms with van der Waals surface area (Å²) in [4.78, 5) is 23.3. The van der Waals surface area contributed by atoms with Gasteiger partial charge in [-0.3, -0.25) is 9.59 Å². The van der Waals surface area contributed by atoms with Gasteiger partial charge in [0.25, 0.3) is 0 Å². The monoisotopic (exact) mass is 438 g/mol. The number of ether oxygens (including phenoxy) is 1. The molecule has 0 aliphatic heterocycles. The summed E-state index contributed by atoms with van der Waals surface area (Å²) in [5, 5.41) is 15.8. The van der Waals surface area contributed by atoms with Gasteiger partial charge in [0.15, 0.2) is 0 Å². The van der Waals surface area contributed by atoms with Gasteiger partial charge in [-0.1, -0.05) is 37.8 Å². The number of carbonyl (C=O) groups is 2. The first-order valence-electron chi connectivity index (χ1n) is 11.3. The van der Waals surface area contributed by atoms with E-state index in [1.54, 1.807) is 5.01 Å². The van der Waals surface area contributed by atoms with Crippen molar-refractivity contribution >= 4 is 25.7 Å². The van der Waals surface area contributed by atoms with Crippen molar-refractivity contribution in [3.05, 3.63) is 11.3 Å². The SMILES string of the molecule is CCOC(=O)CC/C(CC[C@@H]1/C(=C\[Si](C)(C)C)[C@H](CC(=O)O)CC[C@H]1C)=N\N(C)C. The van der Waals surface area contributed by atoms with Gasteiger partial charge in [-0.05, 0) is 56.8 Å². The molecular weight excluding hydrogens is 396 g/mol. The molecular formula is C23H42N2O4Si. The molecule has 0 bridgehead atoms. The molecule has 172 valence electrons. The number of hydrogen-bond donors (Lipinski definition) is 1. The lowest BCUT2D eigenvalue weighted by molar-refractivity contribution is -0.143. The van der Waals surface area contributed by atoms with Gasteiger partial charge in [-0.15, -0.1) is 0 Å². The van der Waals surface area contributed by atoms with Crippen LogP contribution in [-0.2, 0) is 14.3 Å². The fraction of sp³-hybridized carbons (Fsp3) is 0.783. The van der Waals surface area contributed by atoms with E-state index in [0.717, 1.165) is 31.4 Å². The van der Waals surface area contributed by atoms with E-state index in [1.807, 2.05) is 21.0 Å². The zero-order valence-corrected chi connectivity index (χ0v) is 21.0. The number of carboxylic acid groups (broad SMARTS) is 1. The third kappa shape index (κ3) is 9.91. The maximum absolute atomic E-state index is 11.8. The van der Waals surface area contributed by atoms with E-state index >= 15 is 0 Å². The molecule has 0 amide bonds. The smallest absolute Gasteiger partial charge is 0.306 e. The number of rotatable bonds is 11. The molecule has 6 nitrogen and oxygen atoms in total. The molecule has 0 saturated heterocycles. The number of allylic oxidation sites excluding steroid dienone is 1. The normalized spacial score (nSPS) is 24.0. The Labute approximate surface area is 183 Å². The Kier molecular flexibility index (Phi) is 10.8. The number of carboxylic acids is 1. The minimum atomic E-state index is -1.49. The number of esters is 1. The Morgan fingerprint density at radius 3 is 2.40 bits per heavy atom. The van der Waals surface area contributed by atoms with Gasteiger partial charge in [0.05, 0.1) is 27.5 Å². The van der Waals surface area contributed by atoms with Crippen molar-refractivity contribution in [2.75, 3.05) is 20.7 Å². The van der Waals surface area contributed by atoms with Crippen LogP contribution in [0.4, 0.5) is 0 Å². The molecule has 1 saturated carbocycles. The standard InChI is InChI=1S/C23H42N2O4Si/c1-8-29-23(28)14-12-19(24-25(3)4)11-13-20-17(2)9-10-18(15-22(26)27)21(20)16-30(5,6)7/h16-18,20H,8-15H2,1-7H3,(H,26,27)/b21-16-,24-19-/t17-,18+,20+/m1/s1. The minimum absolute atomic E-state index is 0.143. The average Bonchev–Trinajstić information content (AvgIpc) is 2.59. The van der Waals surface area contributed by atoms with E-state index < -0.39 is 14.0 Å². The lowest BCUT2D eigenvalue weighted by Crippen LogP contribution is -2.31. The van der Waals surface area contributed by atoms with Crippen LogP contribution < -0.4 is 0 Å². The molecule has 0 aromatic rings. The molecule has 3 atom stereocenters. The number of carbonyl (C=O) groups excluding carboxylic acids is 1. The van der Waals surface area contributed by atoms with Crippen molar-refractivity contribution in [2.45, 2.75) is 78.4 Å². The van der Waals surface area contributed by atoms with Gasteiger partial charge in [0, 0.05) is 19.8 Å². The summed E-state index contributed by atoms with van der Waals surface area (Å²) in [5.74, 6) is 0.159. The van der Waals surface area contributed by atoms with Gasteiger partial charge in [0.1, 0.15) is 0 Å². The van der Waals surface area contributed by atoms with Crippen molar-refractivity contribution in [2.24, 2.45) is 22.9 Å². The lowest BCUT2D eigenvalue weighted by atomic mass is 9.69. The van der Waals surface area contributed by atoms with Gasteiger partial charge in [-0.2, -0.15) is 5.10 Å². The molecule has 30 heavy (non-hydrogen) atoms. The van der Waals surface area contributed by atoms with Crippen LogP contribution in [0.5, 0.6) is 0 Å². The van der Waals surface area contributed by atoms with E-state index in [4.69, 9.17) is 4.74 Å². The highest BCUT2D eigenvalue weighted by atomic mass is 28.3. The second-order valence-electron chi connectivity index (χ2n) is 9.82. The number of hydrogen-bond acceptors (Lipinski definition) is 5. The van der Waals surface area contributed by atoms with Gasteiger partial charge < -0.3 is 14.9 Å². The van der Waals surface area contributed by atoms with E-state index in [1.165, 1.54) is 5.57 Å². The van der Waals surface area contributed by atoms with Crippen LogP contribution in [0.3, 0.4) is 0 Å². The number of nitrogens with zero attached hydrogens (tertiary/aromatic N) is 2. The molecule has 0 aromatic heterocycles. The van der Waals surface area contributed by atoms with E-state index in [-0.39, 0.29) is 18.3 Å². The Bertz CT molecular complexity index is 638. The maximum atomic E-state index is 11.8. The van der Waals surface area contributed by atoms with Gasteiger partial charge in [-0.25, -0.2) is 0 Å². The molecule has 1 rings (SSSR count). The first kappa shape index (κ1) is 26.4. The molecule has 0 radical (unpaired) electrons. The van der Waals surface area contributed by atoms with Crippen molar-refractivity contribution < 1.29 is 19.4 Å². The summed E-state index contributed by atoms with van der Waals surface area (Å²) in [7, 11) is 2.31. The van der Waals surface area contributed by atoms with Crippen molar-refractivity contribution in [1.29, 1.82) is 0 Å². The summed E-state index contributed by atoms with van der Waals surface area (Å²) < 4.78 is 5.06. The van der Waals surface area contributed by atoms with Crippen LogP contribution in [0, 0.1) is 17.8 Å². The molecule has 0 spiro atoms. The van der Waals surface area contributed by atoms with Gasteiger partial charge in [0.2, 0.25) is 0 Å². The largest absolute Gasteiger partial charge is 0.481 e. The molecule has 0 unspecified atom stereocenters.